The zero-order chi connectivity index (χ0) is 14.5. The fourth-order valence-electron chi connectivity index (χ4n) is 1.82. The molecule has 2 rings (SSSR count). The summed E-state index contributed by atoms with van der Waals surface area (Å²) < 4.78 is 19.2. The van der Waals surface area contributed by atoms with Crippen molar-refractivity contribution in [1.82, 2.24) is 0 Å². The smallest absolute Gasteiger partial charge is 0.129 e. The number of rotatable bonds is 5. The van der Waals surface area contributed by atoms with Crippen LogP contribution < -0.4 is 10.1 Å². The van der Waals surface area contributed by atoms with E-state index in [0.717, 1.165) is 11.4 Å². The van der Waals surface area contributed by atoms with E-state index in [2.05, 4.69) is 5.32 Å². The van der Waals surface area contributed by atoms with Crippen LogP contribution in [0.25, 0.3) is 0 Å². The topological polar surface area (TPSA) is 21.3 Å². The van der Waals surface area contributed by atoms with E-state index in [1.54, 1.807) is 12.1 Å². The van der Waals surface area contributed by atoms with E-state index in [4.69, 9.17) is 16.3 Å². The normalized spacial score (nSPS) is 10.7. The van der Waals surface area contributed by atoms with E-state index in [-0.39, 0.29) is 11.9 Å². The summed E-state index contributed by atoms with van der Waals surface area (Å²) in [5, 5.41) is 3.57. The second-order valence-electron chi connectivity index (χ2n) is 4.74. The third kappa shape index (κ3) is 3.87. The molecule has 106 valence electrons. The quantitative estimate of drug-likeness (QED) is 0.848. The maximum atomic E-state index is 13.6. The predicted molar refractivity (Wildman–Crippen MR) is 80.9 cm³/mol. The molecule has 0 bridgehead atoms. The molecular formula is C16H17ClFNO. The number of halogens is 2. The monoisotopic (exact) mass is 293 g/mol. The average molecular weight is 294 g/mol. The highest BCUT2D eigenvalue weighted by Gasteiger charge is 2.06. The molecule has 20 heavy (non-hydrogen) atoms. The van der Waals surface area contributed by atoms with Crippen molar-refractivity contribution in [3.8, 4) is 5.75 Å². The van der Waals surface area contributed by atoms with Crippen LogP contribution in [0.3, 0.4) is 0 Å². The number of anilines is 1. The Morgan fingerprint density at radius 3 is 2.45 bits per heavy atom. The number of ether oxygens (including phenoxy) is 1. The lowest BCUT2D eigenvalue weighted by molar-refractivity contribution is 0.242. The van der Waals surface area contributed by atoms with Gasteiger partial charge in [-0.15, -0.1) is 0 Å². The van der Waals surface area contributed by atoms with Gasteiger partial charge in [-0.1, -0.05) is 17.7 Å². The molecular weight excluding hydrogens is 277 g/mol. The first-order valence-corrected chi connectivity index (χ1v) is 6.87. The maximum Gasteiger partial charge on any atom is 0.129 e. The summed E-state index contributed by atoms with van der Waals surface area (Å²) in [6.07, 6.45) is 0.144. The SMILES string of the molecule is CC(C)Oc1ccc(NCc2c(F)cccc2Cl)cc1. The molecule has 0 aliphatic heterocycles. The highest BCUT2D eigenvalue weighted by atomic mass is 35.5. The molecule has 2 nitrogen and oxygen atoms in total. The lowest BCUT2D eigenvalue weighted by atomic mass is 10.2. The van der Waals surface area contributed by atoms with Gasteiger partial charge in [-0.25, -0.2) is 4.39 Å². The van der Waals surface area contributed by atoms with Gasteiger partial charge >= 0.3 is 0 Å². The van der Waals surface area contributed by atoms with Gasteiger partial charge in [0.25, 0.3) is 0 Å². The van der Waals surface area contributed by atoms with Crippen LogP contribution in [0, 0.1) is 5.82 Å². The minimum atomic E-state index is -0.301. The lowest BCUT2D eigenvalue weighted by Gasteiger charge is -2.12. The molecule has 4 heteroatoms. The fourth-order valence-corrected chi connectivity index (χ4v) is 2.05. The molecule has 0 amide bonds. The predicted octanol–water partition coefficient (Wildman–Crippen LogP) is 4.88. The van der Waals surface area contributed by atoms with Crippen LogP contribution in [0.1, 0.15) is 19.4 Å². The van der Waals surface area contributed by atoms with E-state index in [9.17, 15) is 4.39 Å². The van der Waals surface area contributed by atoms with Gasteiger partial charge in [0.15, 0.2) is 0 Å². The molecule has 0 saturated heterocycles. The first-order chi connectivity index (χ1) is 9.56. The lowest BCUT2D eigenvalue weighted by Crippen LogP contribution is -2.06. The molecule has 0 heterocycles. The Balaban J connectivity index is 2.00. The second kappa shape index (κ2) is 6.62. The molecule has 0 aliphatic rings. The van der Waals surface area contributed by atoms with Crippen LogP contribution in [0.15, 0.2) is 42.5 Å². The summed E-state index contributed by atoms with van der Waals surface area (Å²) in [7, 11) is 0. The fraction of sp³-hybridized carbons (Fsp3) is 0.250. The molecule has 2 aromatic rings. The minimum Gasteiger partial charge on any atom is -0.491 e. The summed E-state index contributed by atoms with van der Waals surface area (Å²) in [4.78, 5) is 0. The first kappa shape index (κ1) is 14.7. The Kier molecular flexibility index (Phi) is 4.85. The van der Waals surface area contributed by atoms with Crippen molar-refractivity contribution in [2.45, 2.75) is 26.5 Å². The van der Waals surface area contributed by atoms with E-state index in [1.165, 1.54) is 6.07 Å². The van der Waals surface area contributed by atoms with Crippen LogP contribution in [0.2, 0.25) is 5.02 Å². The summed E-state index contributed by atoms with van der Waals surface area (Å²) in [5.74, 6) is 0.513. The van der Waals surface area contributed by atoms with Crippen LogP contribution in [0.4, 0.5) is 10.1 Å². The maximum absolute atomic E-state index is 13.6. The van der Waals surface area contributed by atoms with Crippen molar-refractivity contribution < 1.29 is 9.13 Å². The van der Waals surface area contributed by atoms with Gasteiger partial charge in [-0.3, -0.25) is 0 Å². The van der Waals surface area contributed by atoms with Crippen molar-refractivity contribution in [1.29, 1.82) is 0 Å². The standard InChI is InChI=1S/C16H17ClFNO/c1-11(2)20-13-8-6-12(7-9-13)19-10-14-15(17)4-3-5-16(14)18/h3-9,11,19H,10H2,1-2H3. The van der Waals surface area contributed by atoms with E-state index in [1.807, 2.05) is 38.1 Å². The zero-order valence-corrected chi connectivity index (χ0v) is 12.2. The molecule has 2 aromatic carbocycles. The van der Waals surface area contributed by atoms with Crippen molar-refractivity contribution in [3.63, 3.8) is 0 Å². The zero-order valence-electron chi connectivity index (χ0n) is 11.5. The molecule has 1 N–H and O–H groups in total. The highest BCUT2D eigenvalue weighted by Crippen LogP contribution is 2.21. The molecule has 0 saturated carbocycles. The van der Waals surface area contributed by atoms with Gasteiger partial charge in [-0.05, 0) is 50.2 Å². The molecule has 0 aliphatic carbocycles. The molecule has 0 fully saturated rings. The van der Waals surface area contributed by atoms with Crippen molar-refractivity contribution >= 4 is 17.3 Å². The summed E-state index contributed by atoms with van der Waals surface area (Å²) in [6, 6.07) is 12.2. The molecule has 0 radical (unpaired) electrons. The van der Waals surface area contributed by atoms with Crippen molar-refractivity contribution in [2.24, 2.45) is 0 Å². The van der Waals surface area contributed by atoms with Gasteiger partial charge in [0.05, 0.1) is 6.10 Å². The second-order valence-corrected chi connectivity index (χ2v) is 5.15. The van der Waals surface area contributed by atoms with Crippen molar-refractivity contribution in [3.05, 3.63) is 58.9 Å². The third-order valence-electron chi connectivity index (χ3n) is 2.76. The number of nitrogens with one attached hydrogen (secondary N) is 1. The Labute approximate surface area is 123 Å². The van der Waals surface area contributed by atoms with Gasteiger partial charge in [-0.2, -0.15) is 0 Å². The number of hydrogen-bond acceptors (Lipinski definition) is 2. The van der Waals surface area contributed by atoms with Crippen LogP contribution in [0.5, 0.6) is 5.75 Å². The Hall–Kier alpha value is -1.74. The van der Waals surface area contributed by atoms with Gasteiger partial charge in [0.1, 0.15) is 11.6 Å². The molecule has 0 spiro atoms. The third-order valence-corrected chi connectivity index (χ3v) is 3.11. The number of benzene rings is 2. The van der Waals surface area contributed by atoms with Gasteiger partial charge in [0, 0.05) is 22.8 Å². The Morgan fingerprint density at radius 2 is 1.85 bits per heavy atom. The van der Waals surface area contributed by atoms with Crippen LogP contribution in [-0.4, -0.2) is 6.10 Å². The van der Waals surface area contributed by atoms with Crippen molar-refractivity contribution in [2.75, 3.05) is 5.32 Å². The minimum absolute atomic E-state index is 0.144. The Morgan fingerprint density at radius 1 is 1.15 bits per heavy atom. The molecule has 0 aromatic heterocycles. The van der Waals surface area contributed by atoms with E-state index >= 15 is 0 Å². The molecule has 0 atom stereocenters. The summed E-state index contributed by atoms with van der Waals surface area (Å²) >= 11 is 5.98. The van der Waals surface area contributed by atoms with E-state index in [0.29, 0.717) is 17.1 Å². The summed E-state index contributed by atoms with van der Waals surface area (Å²) in [5.41, 5.74) is 1.36. The average Bonchev–Trinajstić information content (AvgIpc) is 2.39. The first-order valence-electron chi connectivity index (χ1n) is 6.49. The number of hydrogen-bond donors (Lipinski definition) is 1. The Bertz CT molecular complexity index is 549. The summed E-state index contributed by atoms with van der Waals surface area (Å²) in [6.45, 7) is 4.30. The largest absolute Gasteiger partial charge is 0.491 e. The van der Waals surface area contributed by atoms with E-state index < -0.39 is 0 Å². The van der Waals surface area contributed by atoms with Gasteiger partial charge in [0.2, 0.25) is 0 Å². The van der Waals surface area contributed by atoms with Crippen LogP contribution in [-0.2, 0) is 6.54 Å². The van der Waals surface area contributed by atoms with Gasteiger partial charge < -0.3 is 10.1 Å². The van der Waals surface area contributed by atoms with Crippen LogP contribution >= 0.6 is 11.6 Å². The molecule has 0 unspecified atom stereocenters. The highest BCUT2D eigenvalue weighted by molar-refractivity contribution is 6.31.